The summed E-state index contributed by atoms with van der Waals surface area (Å²) in [5.41, 5.74) is 3.58. The fourth-order valence-corrected chi connectivity index (χ4v) is 2.13. The Hall–Kier alpha value is -2.14. The molecule has 90 valence electrons. The van der Waals surface area contributed by atoms with Gasteiger partial charge in [0.2, 0.25) is 0 Å². The SMILES string of the molecule is Cc1ccccc1C(C#N)CCc1ccncc1. The van der Waals surface area contributed by atoms with Crippen LogP contribution in [0.2, 0.25) is 0 Å². The largest absolute Gasteiger partial charge is 0.265 e. The lowest BCUT2D eigenvalue weighted by Crippen LogP contribution is -2.00. The first-order valence-corrected chi connectivity index (χ1v) is 6.15. The second-order valence-electron chi connectivity index (χ2n) is 4.43. The van der Waals surface area contributed by atoms with Crippen LogP contribution in [0.3, 0.4) is 0 Å². The Labute approximate surface area is 108 Å². The Morgan fingerprint density at radius 3 is 2.56 bits per heavy atom. The molecular formula is C16H16N2. The predicted octanol–water partition coefficient (Wildman–Crippen LogP) is 3.63. The predicted molar refractivity (Wildman–Crippen MR) is 72.1 cm³/mol. The van der Waals surface area contributed by atoms with Crippen molar-refractivity contribution in [2.75, 3.05) is 0 Å². The molecule has 2 aromatic rings. The summed E-state index contributed by atoms with van der Waals surface area (Å²) in [6.07, 6.45) is 5.36. The van der Waals surface area contributed by atoms with Crippen molar-refractivity contribution in [2.24, 2.45) is 0 Å². The molecule has 1 unspecified atom stereocenters. The van der Waals surface area contributed by atoms with Crippen molar-refractivity contribution in [1.82, 2.24) is 4.98 Å². The summed E-state index contributed by atoms with van der Waals surface area (Å²) in [6, 6.07) is 14.5. The highest BCUT2D eigenvalue weighted by Crippen LogP contribution is 2.23. The van der Waals surface area contributed by atoms with Crippen LogP contribution in [0.15, 0.2) is 48.8 Å². The maximum absolute atomic E-state index is 9.32. The van der Waals surface area contributed by atoms with Gasteiger partial charge >= 0.3 is 0 Å². The molecule has 0 aliphatic carbocycles. The fourth-order valence-electron chi connectivity index (χ4n) is 2.13. The average molecular weight is 236 g/mol. The highest BCUT2D eigenvalue weighted by Gasteiger charge is 2.12. The van der Waals surface area contributed by atoms with Crippen molar-refractivity contribution in [3.63, 3.8) is 0 Å². The van der Waals surface area contributed by atoms with E-state index in [4.69, 9.17) is 0 Å². The number of benzene rings is 1. The second kappa shape index (κ2) is 5.97. The molecule has 0 spiro atoms. The minimum absolute atomic E-state index is 0.0284. The van der Waals surface area contributed by atoms with Gasteiger partial charge in [0.15, 0.2) is 0 Å². The van der Waals surface area contributed by atoms with Gasteiger partial charge in [-0.1, -0.05) is 24.3 Å². The molecule has 0 bridgehead atoms. The molecule has 0 radical (unpaired) electrons. The number of nitrogens with zero attached hydrogens (tertiary/aromatic N) is 2. The first-order valence-electron chi connectivity index (χ1n) is 6.15. The molecule has 1 heterocycles. The zero-order chi connectivity index (χ0) is 12.8. The van der Waals surface area contributed by atoms with Crippen LogP contribution in [0, 0.1) is 18.3 Å². The molecule has 0 saturated carbocycles. The lowest BCUT2D eigenvalue weighted by atomic mass is 9.91. The van der Waals surface area contributed by atoms with Gasteiger partial charge in [-0.15, -0.1) is 0 Å². The van der Waals surface area contributed by atoms with Crippen LogP contribution in [0.5, 0.6) is 0 Å². The van der Waals surface area contributed by atoms with Gasteiger partial charge in [-0.3, -0.25) is 4.98 Å². The topological polar surface area (TPSA) is 36.7 Å². The van der Waals surface area contributed by atoms with E-state index < -0.39 is 0 Å². The van der Waals surface area contributed by atoms with Crippen LogP contribution < -0.4 is 0 Å². The van der Waals surface area contributed by atoms with E-state index in [0.717, 1.165) is 18.4 Å². The number of aryl methyl sites for hydroxylation is 2. The molecular weight excluding hydrogens is 220 g/mol. The van der Waals surface area contributed by atoms with Gasteiger partial charge in [-0.2, -0.15) is 5.26 Å². The number of hydrogen-bond donors (Lipinski definition) is 0. The average Bonchev–Trinajstić information content (AvgIpc) is 2.42. The van der Waals surface area contributed by atoms with Crippen LogP contribution in [-0.2, 0) is 6.42 Å². The monoisotopic (exact) mass is 236 g/mol. The molecule has 0 N–H and O–H groups in total. The van der Waals surface area contributed by atoms with E-state index in [1.165, 1.54) is 11.1 Å². The second-order valence-corrected chi connectivity index (χ2v) is 4.43. The Morgan fingerprint density at radius 2 is 1.89 bits per heavy atom. The summed E-state index contributed by atoms with van der Waals surface area (Å²) in [7, 11) is 0. The van der Waals surface area contributed by atoms with E-state index >= 15 is 0 Å². The molecule has 0 fully saturated rings. The lowest BCUT2D eigenvalue weighted by Gasteiger charge is -2.12. The molecule has 2 rings (SSSR count). The van der Waals surface area contributed by atoms with Crippen molar-refractivity contribution in [3.8, 4) is 6.07 Å². The molecule has 1 aromatic carbocycles. The first kappa shape index (κ1) is 12.3. The zero-order valence-electron chi connectivity index (χ0n) is 10.5. The number of aromatic nitrogens is 1. The summed E-state index contributed by atoms with van der Waals surface area (Å²) in [5, 5.41) is 9.32. The Bertz CT molecular complexity index is 541. The van der Waals surface area contributed by atoms with Gasteiger partial charge in [0.1, 0.15) is 0 Å². The van der Waals surface area contributed by atoms with Gasteiger partial charge in [0, 0.05) is 12.4 Å². The smallest absolute Gasteiger partial charge is 0.0718 e. The van der Waals surface area contributed by atoms with E-state index in [9.17, 15) is 5.26 Å². The molecule has 18 heavy (non-hydrogen) atoms. The standard InChI is InChI=1S/C16H16N2/c1-13-4-2-3-5-16(13)15(12-17)7-6-14-8-10-18-11-9-14/h2-5,8-11,15H,6-7H2,1H3. The minimum atomic E-state index is -0.0284. The molecule has 0 aliphatic rings. The normalized spacial score (nSPS) is 11.8. The lowest BCUT2D eigenvalue weighted by molar-refractivity contribution is 0.741. The van der Waals surface area contributed by atoms with Crippen LogP contribution in [-0.4, -0.2) is 4.98 Å². The summed E-state index contributed by atoms with van der Waals surface area (Å²) in [4.78, 5) is 4.00. The van der Waals surface area contributed by atoms with E-state index in [1.807, 2.05) is 24.3 Å². The molecule has 0 saturated heterocycles. The van der Waals surface area contributed by atoms with E-state index in [0.29, 0.717) is 0 Å². The summed E-state index contributed by atoms with van der Waals surface area (Å²) in [6.45, 7) is 2.06. The van der Waals surface area contributed by atoms with Crippen molar-refractivity contribution in [1.29, 1.82) is 5.26 Å². The third-order valence-electron chi connectivity index (χ3n) is 3.19. The summed E-state index contributed by atoms with van der Waals surface area (Å²) < 4.78 is 0. The number of nitriles is 1. The van der Waals surface area contributed by atoms with Crippen molar-refractivity contribution < 1.29 is 0 Å². The minimum Gasteiger partial charge on any atom is -0.265 e. The molecule has 0 amide bonds. The van der Waals surface area contributed by atoms with Crippen LogP contribution in [0.25, 0.3) is 0 Å². The highest BCUT2D eigenvalue weighted by atomic mass is 14.6. The number of pyridine rings is 1. The molecule has 1 atom stereocenters. The number of hydrogen-bond acceptors (Lipinski definition) is 2. The van der Waals surface area contributed by atoms with Crippen molar-refractivity contribution in [2.45, 2.75) is 25.7 Å². The Morgan fingerprint density at radius 1 is 1.17 bits per heavy atom. The Balaban J connectivity index is 2.08. The van der Waals surface area contributed by atoms with E-state index in [-0.39, 0.29) is 5.92 Å². The van der Waals surface area contributed by atoms with Crippen molar-refractivity contribution in [3.05, 3.63) is 65.5 Å². The van der Waals surface area contributed by atoms with Gasteiger partial charge in [0.05, 0.1) is 12.0 Å². The van der Waals surface area contributed by atoms with Gasteiger partial charge in [-0.05, 0) is 48.6 Å². The Kier molecular flexibility index (Phi) is 4.09. The van der Waals surface area contributed by atoms with Gasteiger partial charge < -0.3 is 0 Å². The molecule has 0 aliphatic heterocycles. The third kappa shape index (κ3) is 2.95. The molecule has 1 aromatic heterocycles. The van der Waals surface area contributed by atoms with E-state index in [2.05, 4.69) is 30.1 Å². The number of rotatable bonds is 4. The third-order valence-corrected chi connectivity index (χ3v) is 3.19. The van der Waals surface area contributed by atoms with Crippen LogP contribution >= 0.6 is 0 Å². The summed E-state index contributed by atoms with van der Waals surface area (Å²) >= 11 is 0. The molecule has 2 nitrogen and oxygen atoms in total. The maximum Gasteiger partial charge on any atom is 0.0718 e. The van der Waals surface area contributed by atoms with Crippen LogP contribution in [0.4, 0.5) is 0 Å². The van der Waals surface area contributed by atoms with E-state index in [1.54, 1.807) is 12.4 Å². The van der Waals surface area contributed by atoms with Crippen LogP contribution in [0.1, 0.15) is 29.0 Å². The quantitative estimate of drug-likeness (QED) is 0.812. The summed E-state index contributed by atoms with van der Waals surface area (Å²) in [5.74, 6) is -0.0284. The zero-order valence-corrected chi connectivity index (χ0v) is 10.5. The van der Waals surface area contributed by atoms with Gasteiger partial charge in [-0.25, -0.2) is 0 Å². The van der Waals surface area contributed by atoms with Gasteiger partial charge in [0.25, 0.3) is 0 Å². The molecule has 2 heteroatoms. The van der Waals surface area contributed by atoms with Crippen molar-refractivity contribution >= 4 is 0 Å². The first-order chi connectivity index (χ1) is 8.81. The maximum atomic E-state index is 9.32. The highest BCUT2D eigenvalue weighted by molar-refractivity contribution is 5.33. The fraction of sp³-hybridized carbons (Fsp3) is 0.250.